The summed E-state index contributed by atoms with van der Waals surface area (Å²) in [6.45, 7) is 5.23. The van der Waals surface area contributed by atoms with Gasteiger partial charge in [-0.05, 0) is 19.9 Å². The number of hydrogen-bond donors (Lipinski definition) is 1. The molecular weight excluding hydrogens is 276 g/mol. The molecule has 0 aliphatic rings. The first-order valence-electron chi connectivity index (χ1n) is 6.55. The van der Waals surface area contributed by atoms with Crippen LogP contribution in [0.1, 0.15) is 29.8 Å². The molecule has 0 radical (unpaired) electrons. The maximum absolute atomic E-state index is 12.3. The van der Waals surface area contributed by atoms with Crippen LogP contribution >= 0.6 is 0 Å². The third-order valence-electron chi connectivity index (χ3n) is 3.24. The molecule has 1 amide bonds. The molecular formula is C14H18N2O5. The maximum Gasteiger partial charge on any atom is 0.308 e. The number of nitrogens with zero attached hydrogens (tertiary/aromatic N) is 2. The summed E-state index contributed by atoms with van der Waals surface area (Å²) < 4.78 is 0. The Morgan fingerprint density at radius 3 is 2.52 bits per heavy atom. The van der Waals surface area contributed by atoms with E-state index < -0.39 is 22.7 Å². The lowest BCUT2D eigenvalue weighted by molar-refractivity contribution is -0.385. The zero-order valence-electron chi connectivity index (χ0n) is 12.2. The van der Waals surface area contributed by atoms with E-state index in [2.05, 4.69) is 0 Å². The summed E-state index contributed by atoms with van der Waals surface area (Å²) in [4.78, 5) is 34.9. The number of amides is 1. The molecule has 1 aromatic carbocycles. The molecule has 0 fully saturated rings. The smallest absolute Gasteiger partial charge is 0.308 e. The van der Waals surface area contributed by atoms with Crippen molar-refractivity contribution in [2.75, 3.05) is 13.1 Å². The van der Waals surface area contributed by atoms with Crippen molar-refractivity contribution < 1.29 is 19.6 Å². The zero-order chi connectivity index (χ0) is 16.2. The minimum absolute atomic E-state index is 0.0618. The number of aryl methyl sites for hydroxylation is 1. The van der Waals surface area contributed by atoms with E-state index >= 15 is 0 Å². The van der Waals surface area contributed by atoms with Gasteiger partial charge in [0.05, 0.1) is 10.8 Å². The number of nitro groups is 1. The summed E-state index contributed by atoms with van der Waals surface area (Å²) in [5.74, 6) is -2.10. The van der Waals surface area contributed by atoms with Crippen LogP contribution in [0.5, 0.6) is 0 Å². The molecule has 0 aliphatic heterocycles. The van der Waals surface area contributed by atoms with Gasteiger partial charge in [0.1, 0.15) is 0 Å². The zero-order valence-corrected chi connectivity index (χ0v) is 12.2. The predicted octanol–water partition coefficient (Wildman–Crippen LogP) is 2.09. The molecule has 0 heterocycles. The van der Waals surface area contributed by atoms with Gasteiger partial charge in [0.2, 0.25) is 0 Å². The molecule has 0 spiro atoms. The van der Waals surface area contributed by atoms with E-state index in [1.807, 2.05) is 0 Å². The predicted molar refractivity (Wildman–Crippen MR) is 76.2 cm³/mol. The highest BCUT2D eigenvalue weighted by Crippen LogP contribution is 2.20. The van der Waals surface area contributed by atoms with Gasteiger partial charge >= 0.3 is 5.97 Å². The highest BCUT2D eigenvalue weighted by atomic mass is 16.6. The number of carboxylic acids is 1. The first kappa shape index (κ1) is 16.6. The van der Waals surface area contributed by atoms with Gasteiger partial charge in [0.15, 0.2) is 0 Å². The summed E-state index contributed by atoms with van der Waals surface area (Å²) in [6.07, 6.45) is 0. The quantitative estimate of drug-likeness (QED) is 0.639. The van der Waals surface area contributed by atoms with E-state index in [0.717, 1.165) is 0 Å². The van der Waals surface area contributed by atoms with Crippen molar-refractivity contribution in [3.8, 4) is 0 Å². The number of hydrogen-bond acceptors (Lipinski definition) is 4. The molecule has 0 saturated carbocycles. The second kappa shape index (κ2) is 6.83. The summed E-state index contributed by atoms with van der Waals surface area (Å²) in [7, 11) is 0. The van der Waals surface area contributed by atoms with Gasteiger partial charge in [-0.25, -0.2) is 0 Å². The van der Waals surface area contributed by atoms with Crippen molar-refractivity contribution >= 4 is 17.6 Å². The van der Waals surface area contributed by atoms with Crippen molar-refractivity contribution in [2.45, 2.75) is 20.8 Å². The number of carboxylic acid groups (broad SMARTS) is 1. The van der Waals surface area contributed by atoms with Crippen LogP contribution in [0, 0.1) is 23.0 Å². The van der Waals surface area contributed by atoms with E-state index in [0.29, 0.717) is 12.1 Å². The molecule has 1 rings (SSSR count). The summed E-state index contributed by atoms with van der Waals surface area (Å²) >= 11 is 0. The summed E-state index contributed by atoms with van der Waals surface area (Å²) in [5.41, 5.74) is 0.536. The van der Waals surface area contributed by atoms with Crippen LogP contribution in [0.3, 0.4) is 0 Å². The number of rotatable bonds is 6. The lowest BCUT2D eigenvalue weighted by Gasteiger charge is -2.23. The van der Waals surface area contributed by atoms with Crippen molar-refractivity contribution in [3.63, 3.8) is 0 Å². The van der Waals surface area contributed by atoms with Crippen LogP contribution in [0.2, 0.25) is 0 Å². The summed E-state index contributed by atoms with van der Waals surface area (Å²) in [5, 5.41) is 19.8. The van der Waals surface area contributed by atoms with Crippen molar-refractivity contribution in [1.29, 1.82) is 0 Å². The first-order chi connectivity index (χ1) is 9.77. The van der Waals surface area contributed by atoms with Crippen molar-refractivity contribution in [3.05, 3.63) is 39.4 Å². The van der Waals surface area contributed by atoms with E-state index in [9.17, 15) is 19.7 Å². The van der Waals surface area contributed by atoms with E-state index in [1.165, 1.54) is 30.0 Å². The van der Waals surface area contributed by atoms with E-state index in [1.54, 1.807) is 13.8 Å². The van der Waals surface area contributed by atoms with Crippen LogP contribution in [0.15, 0.2) is 18.2 Å². The molecule has 1 N–H and O–H groups in total. The van der Waals surface area contributed by atoms with Gasteiger partial charge in [-0.1, -0.05) is 13.0 Å². The van der Waals surface area contributed by atoms with Crippen LogP contribution in [0.4, 0.5) is 5.69 Å². The third-order valence-corrected chi connectivity index (χ3v) is 3.24. The monoisotopic (exact) mass is 294 g/mol. The molecule has 1 unspecified atom stereocenters. The van der Waals surface area contributed by atoms with Gasteiger partial charge in [-0.15, -0.1) is 0 Å². The summed E-state index contributed by atoms with van der Waals surface area (Å²) in [6, 6.07) is 4.25. The third kappa shape index (κ3) is 4.01. The molecule has 21 heavy (non-hydrogen) atoms. The van der Waals surface area contributed by atoms with Crippen LogP contribution in [-0.4, -0.2) is 39.9 Å². The number of nitro benzene ring substituents is 1. The Kier molecular flexibility index (Phi) is 5.40. The van der Waals surface area contributed by atoms with Crippen molar-refractivity contribution in [2.24, 2.45) is 5.92 Å². The fourth-order valence-corrected chi connectivity index (χ4v) is 1.89. The van der Waals surface area contributed by atoms with Crippen LogP contribution in [-0.2, 0) is 4.79 Å². The number of benzene rings is 1. The Labute approximate surface area is 122 Å². The van der Waals surface area contributed by atoms with Crippen molar-refractivity contribution in [1.82, 2.24) is 4.90 Å². The number of carbonyl (C=O) groups is 2. The molecule has 0 aliphatic carbocycles. The maximum atomic E-state index is 12.3. The first-order valence-corrected chi connectivity index (χ1v) is 6.55. The topological polar surface area (TPSA) is 101 Å². The van der Waals surface area contributed by atoms with Gasteiger partial charge in [-0.3, -0.25) is 19.7 Å². The molecule has 114 valence electrons. The molecule has 1 aromatic rings. The fraction of sp³-hybridized carbons (Fsp3) is 0.429. The van der Waals surface area contributed by atoms with Gasteiger partial charge < -0.3 is 10.0 Å². The van der Waals surface area contributed by atoms with E-state index in [-0.39, 0.29) is 17.8 Å². The number of aliphatic carboxylic acids is 1. The SMILES string of the molecule is CCN(CC(C)C(=O)O)C(=O)c1ccc(C)c([N+](=O)[O-])c1. The molecule has 7 nitrogen and oxygen atoms in total. The normalized spacial score (nSPS) is 11.8. The minimum Gasteiger partial charge on any atom is -0.481 e. The molecule has 0 aromatic heterocycles. The molecule has 7 heteroatoms. The Morgan fingerprint density at radius 2 is 2.05 bits per heavy atom. The lowest BCUT2D eigenvalue weighted by atomic mass is 10.1. The number of carbonyl (C=O) groups excluding carboxylic acids is 1. The van der Waals surface area contributed by atoms with Gasteiger partial charge in [-0.2, -0.15) is 0 Å². The van der Waals surface area contributed by atoms with Gasteiger partial charge in [0.25, 0.3) is 11.6 Å². The fourth-order valence-electron chi connectivity index (χ4n) is 1.89. The Morgan fingerprint density at radius 1 is 1.43 bits per heavy atom. The van der Waals surface area contributed by atoms with Crippen LogP contribution < -0.4 is 0 Å². The highest BCUT2D eigenvalue weighted by molar-refractivity contribution is 5.95. The Balaban J connectivity index is 3.03. The lowest BCUT2D eigenvalue weighted by Crippen LogP contribution is -2.36. The standard InChI is InChI=1S/C14H18N2O5/c1-4-15(8-10(3)14(18)19)13(17)11-6-5-9(2)12(7-11)16(20)21/h5-7,10H,4,8H2,1-3H3,(H,18,19). The largest absolute Gasteiger partial charge is 0.481 e. The second-order valence-electron chi connectivity index (χ2n) is 4.84. The van der Waals surface area contributed by atoms with Crippen LogP contribution in [0.25, 0.3) is 0 Å². The second-order valence-corrected chi connectivity index (χ2v) is 4.84. The molecule has 0 bridgehead atoms. The Bertz CT molecular complexity index is 570. The molecule has 0 saturated heterocycles. The average molecular weight is 294 g/mol. The van der Waals surface area contributed by atoms with Gasteiger partial charge in [0, 0.05) is 30.3 Å². The average Bonchev–Trinajstić information content (AvgIpc) is 2.43. The molecule has 1 atom stereocenters. The van der Waals surface area contributed by atoms with E-state index in [4.69, 9.17) is 5.11 Å². The highest BCUT2D eigenvalue weighted by Gasteiger charge is 2.22. The minimum atomic E-state index is -0.990. The Hall–Kier alpha value is -2.44.